The summed E-state index contributed by atoms with van der Waals surface area (Å²) in [5.74, 6) is -0.147. The number of aliphatic hydroxyl groups is 1. The van der Waals surface area contributed by atoms with Crippen LogP contribution in [0.2, 0.25) is 0 Å². The van der Waals surface area contributed by atoms with Gasteiger partial charge in [0.1, 0.15) is 91.6 Å². The Hall–Kier alpha value is -8.91. The number of hydrogen-bond acceptors (Lipinski definition) is 25. The van der Waals surface area contributed by atoms with Gasteiger partial charge in [0.2, 0.25) is 5.91 Å². The van der Waals surface area contributed by atoms with Crippen molar-refractivity contribution in [2.45, 2.75) is 177 Å². The van der Waals surface area contributed by atoms with Crippen LogP contribution in [-0.2, 0) is 162 Å². The van der Waals surface area contributed by atoms with Gasteiger partial charge in [-0.05, 0) is 56.5 Å². The van der Waals surface area contributed by atoms with E-state index in [1.165, 1.54) is 0 Å². The summed E-state index contributed by atoms with van der Waals surface area (Å²) in [7, 11) is -8.71. The molecule has 3 aliphatic heterocycles. The molecular formula is C95H109N3O23P2. The molecular weight excluding hydrogens is 1610 g/mol. The second-order valence-electron chi connectivity index (χ2n) is 29.7. The third-order valence-corrected chi connectivity index (χ3v) is 23.5. The number of amides is 1. The normalized spacial score (nSPS) is 23.7. The monoisotopic (exact) mass is 1720 g/mol. The molecule has 0 aliphatic carbocycles. The van der Waals surface area contributed by atoms with E-state index in [4.69, 9.17) is 88.7 Å². The molecule has 1 amide bonds. The fraction of sp³-hybridized carbons (Fsp3) is 0.400. The minimum Gasteiger partial charge on any atom is -0.387 e. The molecule has 9 aromatic carbocycles. The number of aliphatic hydroxyl groups excluding tert-OH is 1. The first-order valence-electron chi connectivity index (χ1n) is 41.5. The van der Waals surface area contributed by atoms with Crippen LogP contribution in [0.4, 0.5) is 0 Å². The van der Waals surface area contributed by atoms with Crippen molar-refractivity contribution in [1.82, 2.24) is 5.32 Å². The fourth-order valence-corrected chi connectivity index (χ4v) is 17.1. The van der Waals surface area contributed by atoms with Crippen LogP contribution < -0.4 is 5.32 Å². The van der Waals surface area contributed by atoms with Crippen LogP contribution in [0, 0.1) is 22.7 Å². The molecule has 3 saturated heterocycles. The average Bonchev–Trinajstić information content (AvgIpc) is 0.773. The predicted molar refractivity (Wildman–Crippen MR) is 454 cm³/mol. The van der Waals surface area contributed by atoms with Crippen molar-refractivity contribution in [2.24, 2.45) is 0 Å². The van der Waals surface area contributed by atoms with Crippen molar-refractivity contribution in [3.05, 3.63) is 323 Å². The average molecular weight is 1720 g/mol. The Morgan fingerprint density at radius 1 is 0.325 bits per heavy atom. The summed E-state index contributed by atoms with van der Waals surface area (Å²) in [5, 5.41) is 35.5. The summed E-state index contributed by atoms with van der Waals surface area (Å²) in [6.45, 7) is -2.49. The van der Waals surface area contributed by atoms with Crippen molar-refractivity contribution in [3.63, 3.8) is 0 Å². The Bertz CT molecular complexity index is 4640. The summed E-state index contributed by atoms with van der Waals surface area (Å²) in [6, 6.07) is 89.0. The Balaban J connectivity index is 0.922. The van der Waals surface area contributed by atoms with Gasteiger partial charge in [-0.25, -0.2) is 9.13 Å². The lowest BCUT2D eigenvalue weighted by Crippen LogP contribution is -2.62. The Kier molecular flexibility index (Phi) is 38.6. The van der Waals surface area contributed by atoms with E-state index in [2.05, 4.69) is 17.5 Å². The molecule has 0 saturated carbocycles. The van der Waals surface area contributed by atoms with E-state index >= 15 is 9.13 Å². The lowest BCUT2D eigenvalue weighted by atomic mass is 9.94. The van der Waals surface area contributed by atoms with Gasteiger partial charge in [0.15, 0.2) is 0 Å². The first-order valence-corrected chi connectivity index (χ1v) is 44.4. The van der Waals surface area contributed by atoms with Crippen molar-refractivity contribution in [1.29, 1.82) is 10.5 Å². The standard InChI is InChI=1S/C95H109N3O23P2/c1-98-86(99)50-29-53-103-66-81-89(108-60-75-40-19-6-20-41-75)94(111-63-78-46-25-9-26-47-78)91(82(118-81)67-105-57-72-34-13-3-14-35-72)120-123(102,114-55-31-52-97)116-70-85-90(109-61-76-42-21-7-22-43-76)95(112-64-79-48-27-10-28-49-79)92(83(119-85)68-106-58-73-36-15-4-16-37-73)121-122(101,113-54-30-51-96)115-69-84-88(107-59-74-38-17-5-18-39-74)93(110-62-77-44-23-8-24-45-77)87(100)80(117-84)65-104-56-71-32-11-2-12-33-71/h2-28,32-49,80-85,87-95,100H,29-31,50,53-70H2,1H3,(H,98,99)/t80-,81+,82-,83-,84+,85+,87-,88+,89+,90+,91-,92-,93+,94-,95-,122?,123?/m1/s1. The highest BCUT2D eigenvalue weighted by Gasteiger charge is 2.56. The van der Waals surface area contributed by atoms with Crippen LogP contribution in [0.3, 0.4) is 0 Å². The second kappa shape index (κ2) is 50.9. The molecule has 123 heavy (non-hydrogen) atoms. The highest BCUT2D eigenvalue weighted by molar-refractivity contribution is 7.48. The topological polar surface area (TPSA) is 306 Å². The summed E-state index contributed by atoms with van der Waals surface area (Å²) in [6.07, 6.45) is -18.6. The quantitative estimate of drug-likeness (QED) is 0.0264. The molecule has 652 valence electrons. The van der Waals surface area contributed by atoms with Gasteiger partial charge in [0, 0.05) is 20.1 Å². The lowest BCUT2D eigenvalue weighted by Gasteiger charge is -2.47. The third kappa shape index (κ3) is 30.2. The zero-order valence-electron chi connectivity index (χ0n) is 68.9. The second-order valence-corrected chi connectivity index (χ2v) is 32.9. The van der Waals surface area contributed by atoms with Gasteiger partial charge >= 0.3 is 15.6 Å². The molecule has 12 rings (SSSR count). The molecule has 2 unspecified atom stereocenters. The largest absolute Gasteiger partial charge is 0.475 e. The van der Waals surface area contributed by atoms with Crippen LogP contribution in [0.15, 0.2) is 273 Å². The predicted octanol–water partition coefficient (Wildman–Crippen LogP) is 15.2. The molecule has 9 aromatic rings. The zero-order chi connectivity index (χ0) is 85.4. The molecule has 17 atom stereocenters. The van der Waals surface area contributed by atoms with Gasteiger partial charge in [-0.15, -0.1) is 0 Å². The molecule has 0 bridgehead atoms. The van der Waals surface area contributed by atoms with E-state index in [-0.39, 0.29) is 118 Å². The summed E-state index contributed by atoms with van der Waals surface area (Å²) in [4.78, 5) is 12.4. The van der Waals surface area contributed by atoms with Crippen LogP contribution in [0.1, 0.15) is 75.8 Å². The maximum Gasteiger partial charge on any atom is 0.475 e. The minimum absolute atomic E-state index is 0.00833. The summed E-state index contributed by atoms with van der Waals surface area (Å²) >= 11 is 0. The number of nitrogens with zero attached hydrogens (tertiary/aromatic N) is 2. The first-order chi connectivity index (χ1) is 60.4. The van der Waals surface area contributed by atoms with Gasteiger partial charge in [-0.1, -0.05) is 273 Å². The van der Waals surface area contributed by atoms with Gasteiger partial charge in [0.25, 0.3) is 0 Å². The van der Waals surface area contributed by atoms with Crippen LogP contribution in [-0.4, -0.2) is 169 Å². The Morgan fingerprint density at radius 2 is 0.577 bits per heavy atom. The summed E-state index contributed by atoms with van der Waals surface area (Å²) < 4.78 is 162. The smallest absolute Gasteiger partial charge is 0.387 e. The van der Waals surface area contributed by atoms with Crippen molar-refractivity contribution < 1.29 is 108 Å². The number of ether oxygens (including phenoxy) is 13. The van der Waals surface area contributed by atoms with Gasteiger partial charge in [-0.3, -0.25) is 31.9 Å². The molecule has 0 radical (unpaired) electrons. The van der Waals surface area contributed by atoms with E-state index in [0.717, 1.165) is 38.9 Å². The van der Waals surface area contributed by atoms with Crippen molar-refractivity contribution in [3.8, 4) is 12.1 Å². The number of nitrogens with one attached hydrogen (secondary N) is 1. The van der Waals surface area contributed by atoms with Crippen molar-refractivity contribution in [2.75, 3.05) is 66.5 Å². The Morgan fingerprint density at radius 3 is 0.886 bits per heavy atom. The fourth-order valence-electron chi connectivity index (χ4n) is 14.3. The number of nitriles is 2. The van der Waals surface area contributed by atoms with Gasteiger partial charge in [0.05, 0.1) is 137 Å². The number of phosphoric ester groups is 2. The van der Waals surface area contributed by atoms with E-state index < -0.39 is 134 Å². The molecule has 0 aromatic heterocycles. The number of carbonyl (C=O) groups excluding carboxylic acids is 1. The summed E-state index contributed by atoms with van der Waals surface area (Å²) in [5.41, 5.74) is 7.11. The first kappa shape index (κ1) is 93.3. The van der Waals surface area contributed by atoms with E-state index in [9.17, 15) is 20.4 Å². The lowest BCUT2D eigenvalue weighted by molar-refractivity contribution is -0.270. The SMILES string of the molecule is CNC(=O)CCCOC[C@@H]1O[C@H](COCc2ccccc2)[C@@H](OP(=O)(OCCC#N)OC[C@@H]2O[C@H](COCc3ccccc3)[C@@H](OP(=O)(OCCC#N)OC[C@@H]3O[C@H](COCc4ccccc4)[C@@H](O)[C@H](OCc4ccccc4)[C@H]3OCc3ccccc3)[C@H](OCc3ccccc3)[C@H]2OCc2ccccc2)[C@H](OCc2ccccc2)[C@H]1OCc1ccccc1. The zero-order valence-corrected chi connectivity index (χ0v) is 70.7. The molecule has 0 spiro atoms. The minimum atomic E-state index is -5.14. The van der Waals surface area contributed by atoms with Crippen LogP contribution >= 0.6 is 15.6 Å². The van der Waals surface area contributed by atoms with Gasteiger partial charge in [-0.2, -0.15) is 10.5 Å². The highest BCUT2D eigenvalue weighted by Crippen LogP contribution is 2.56. The maximum atomic E-state index is 16.7. The number of rotatable bonds is 52. The maximum absolute atomic E-state index is 16.7. The molecule has 28 heteroatoms. The van der Waals surface area contributed by atoms with Gasteiger partial charge < -0.3 is 72.0 Å². The molecule has 3 heterocycles. The molecule has 3 fully saturated rings. The third-order valence-electron chi connectivity index (χ3n) is 20.6. The molecule has 26 nitrogen and oxygen atoms in total. The van der Waals surface area contributed by atoms with E-state index in [1.54, 1.807) is 7.05 Å². The number of carbonyl (C=O) groups is 1. The van der Waals surface area contributed by atoms with E-state index in [0.29, 0.717) is 17.5 Å². The van der Waals surface area contributed by atoms with Crippen LogP contribution in [0.5, 0.6) is 0 Å². The highest BCUT2D eigenvalue weighted by atomic mass is 31.2. The number of hydrogen-bond donors (Lipinski definition) is 2. The Labute approximate surface area is 719 Å². The van der Waals surface area contributed by atoms with E-state index in [1.807, 2.05) is 273 Å². The number of benzene rings is 9. The number of phosphoric acid groups is 2. The van der Waals surface area contributed by atoms with Crippen molar-refractivity contribution >= 4 is 21.6 Å². The molecule has 2 N–H and O–H groups in total. The molecule has 3 aliphatic rings. The van der Waals surface area contributed by atoms with Crippen LogP contribution in [0.25, 0.3) is 0 Å².